The van der Waals surface area contributed by atoms with Crippen LogP contribution in [-0.2, 0) is 9.84 Å². The summed E-state index contributed by atoms with van der Waals surface area (Å²) >= 11 is 0. The molecule has 2 heterocycles. The largest absolute Gasteiger partial charge is 0.289 e. The minimum atomic E-state index is -3.04. The highest BCUT2D eigenvalue weighted by atomic mass is 32.2. The number of allylic oxidation sites excluding steroid dienone is 1. The van der Waals surface area contributed by atoms with E-state index in [0.29, 0.717) is 17.7 Å². The van der Waals surface area contributed by atoms with Crippen LogP contribution in [0.4, 0.5) is 8.78 Å². The van der Waals surface area contributed by atoms with Crippen LogP contribution in [0, 0.1) is 25.5 Å². The number of hydrogen-bond acceptors (Lipinski definition) is 4. The maximum absolute atomic E-state index is 13.7. The van der Waals surface area contributed by atoms with E-state index in [0.717, 1.165) is 23.9 Å². The standard InChI is InChI=1S/C18H18F2N2O3S/c1-11-15(4-6-18(23)16-9-13(19)3-5-17(16)20)12(2)22(21-11)14-7-8-26(24,25)10-14/h3-6,9,14H,7-8,10H2,1-2H3/b6-4+/t14-/m1/s1. The molecule has 3 rings (SSSR count). The van der Waals surface area contributed by atoms with Gasteiger partial charge in [-0.1, -0.05) is 0 Å². The van der Waals surface area contributed by atoms with E-state index in [9.17, 15) is 22.0 Å². The summed E-state index contributed by atoms with van der Waals surface area (Å²) in [4.78, 5) is 12.2. The fraction of sp³-hybridized carbons (Fsp3) is 0.333. The molecule has 1 aliphatic rings. The van der Waals surface area contributed by atoms with Gasteiger partial charge >= 0.3 is 0 Å². The number of carbonyl (C=O) groups is 1. The van der Waals surface area contributed by atoms with Crippen LogP contribution in [0.2, 0.25) is 0 Å². The van der Waals surface area contributed by atoms with Crippen LogP contribution in [0.15, 0.2) is 24.3 Å². The number of hydrogen-bond donors (Lipinski definition) is 0. The molecule has 0 N–H and O–H groups in total. The minimum absolute atomic E-state index is 0.0472. The van der Waals surface area contributed by atoms with Crippen molar-refractivity contribution in [2.75, 3.05) is 11.5 Å². The first kappa shape index (κ1) is 18.4. The fourth-order valence-corrected chi connectivity index (χ4v) is 4.87. The maximum Gasteiger partial charge on any atom is 0.188 e. The van der Waals surface area contributed by atoms with Crippen LogP contribution >= 0.6 is 0 Å². The molecule has 1 fully saturated rings. The third kappa shape index (κ3) is 3.60. The molecule has 0 unspecified atom stereocenters. The third-order valence-corrected chi connectivity index (χ3v) is 6.28. The number of halogens is 2. The van der Waals surface area contributed by atoms with Gasteiger partial charge in [0.15, 0.2) is 15.6 Å². The molecule has 1 aliphatic heterocycles. The van der Waals surface area contributed by atoms with Gasteiger partial charge in [-0.3, -0.25) is 9.48 Å². The second-order valence-corrected chi connectivity index (χ2v) is 8.64. The number of ketones is 1. The molecular weight excluding hydrogens is 362 g/mol. The molecule has 138 valence electrons. The number of carbonyl (C=O) groups excluding carboxylic acids is 1. The van der Waals surface area contributed by atoms with Gasteiger partial charge in [0, 0.05) is 11.3 Å². The average Bonchev–Trinajstić information content (AvgIpc) is 3.07. The Bertz CT molecular complexity index is 1010. The predicted molar refractivity (Wildman–Crippen MR) is 93.7 cm³/mol. The highest BCUT2D eigenvalue weighted by Crippen LogP contribution is 2.27. The van der Waals surface area contributed by atoms with Gasteiger partial charge in [0.2, 0.25) is 0 Å². The topological polar surface area (TPSA) is 69.0 Å². The first-order chi connectivity index (χ1) is 12.2. The second-order valence-electron chi connectivity index (χ2n) is 6.41. The van der Waals surface area contributed by atoms with Crippen molar-refractivity contribution in [1.82, 2.24) is 9.78 Å². The van der Waals surface area contributed by atoms with Crippen LogP contribution < -0.4 is 0 Å². The van der Waals surface area contributed by atoms with Crippen molar-refractivity contribution in [3.05, 3.63) is 58.4 Å². The van der Waals surface area contributed by atoms with E-state index >= 15 is 0 Å². The molecule has 0 bridgehead atoms. The number of aromatic nitrogens is 2. The molecule has 0 amide bonds. The van der Waals surface area contributed by atoms with Gasteiger partial charge in [0.1, 0.15) is 11.6 Å². The summed E-state index contributed by atoms with van der Waals surface area (Å²) in [7, 11) is -3.04. The van der Waals surface area contributed by atoms with Gasteiger partial charge in [-0.25, -0.2) is 17.2 Å². The predicted octanol–water partition coefficient (Wildman–Crippen LogP) is 3.03. The zero-order chi connectivity index (χ0) is 19.1. The van der Waals surface area contributed by atoms with Crippen LogP contribution in [0.3, 0.4) is 0 Å². The van der Waals surface area contributed by atoms with Crippen molar-refractivity contribution in [3.8, 4) is 0 Å². The lowest BCUT2D eigenvalue weighted by Crippen LogP contribution is -2.13. The summed E-state index contributed by atoms with van der Waals surface area (Å²) in [6.45, 7) is 3.54. The maximum atomic E-state index is 13.7. The summed E-state index contributed by atoms with van der Waals surface area (Å²) in [5.74, 6) is -1.95. The van der Waals surface area contributed by atoms with E-state index in [-0.39, 0.29) is 23.1 Å². The third-order valence-electron chi connectivity index (χ3n) is 4.53. The van der Waals surface area contributed by atoms with E-state index in [1.807, 2.05) is 0 Å². The zero-order valence-corrected chi connectivity index (χ0v) is 15.2. The monoisotopic (exact) mass is 380 g/mol. The molecule has 5 nitrogen and oxygen atoms in total. The molecule has 1 aromatic heterocycles. The zero-order valence-electron chi connectivity index (χ0n) is 14.4. The van der Waals surface area contributed by atoms with Gasteiger partial charge in [0.05, 0.1) is 28.8 Å². The molecule has 2 aromatic rings. The van der Waals surface area contributed by atoms with Gasteiger partial charge in [-0.05, 0) is 50.6 Å². The van der Waals surface area contributed by atoms with Crippen molar-refractivity contribution in [2.24, 2.45) is 0 Å². The molecular formula is C18H18F2N2O3S. The van der Waals surface area contributed by atoms with Crippen molar-refractivity contribution in [1.29, 1.82) is 0 Å². The first-order valence-corrected chi connectivity index (χ1v) is 9.93. The van der Waals surface area contributed by atoms with E-state index in [4.69, 9.17) is 0 Å². The Labute approximate surface area is 150 Å². The summed E-state index contributed by atoms with van der Waals surface area (Å²) < 4.78 is 52.0. The van der Waals surface area contributed by atoms with Crippen molar-refractivity contribution < 1.29 is 22.0 Å². The molecule has 8 heteroatoms. The number of nitrogens with zero attached hydrogens (tertiary/aromatic N) is 2. The van der Waals surface area contributed by atoms with Gasteiger partial charge in [-0.15, -0.1) is 0 Å². The van der Waals surface area contributed by atoms with Crippen LogP contribution in [0.25, 0.3) is 6.08 Å². The van der Waals surface area contributed by atoms with E-state index in [1.165, 1.54) is 12.2 Å². The van der Waals surface area contributed by atoms with E-state index < -0.39 is 27.3 Å². The average molecular weight is 380 g/mol. The fourth-order valence-electron chi connectivity index (χ4n) is 3.18. The minimum Gasteiger partial charge on any atom is -0.289 e. The number of sulfone groups is 1. The molecule has 1 atom stereocenters. The van der Waals surface area contributed by atoms with Crippen LogP contribution in [-0.4, -0.2) is 35.5 Å². The van der Waals surface area contributed by atoms with Gasteiger partial charge < -0.3 is 0 Å². The molecule has 1 aromatic carbocycles. The first-order valence-electron chi connectivity index (χ1n) is 8.11. The Kier molecular flexibility index (Phi) is 4.79. The van der Waals surface area contributed by atoms with E-state index in [2.05, 4.69) is 5.10 Å². The van der Waals surface area contributed by atoms with E-state index in [1.54, 1.807) is 18.5 Å². The summed E-state index contributed by atoms with van der Waals surface area (Å²) in [5, 5.41) is 4.40. The molecule has 26 heavy (non-hydrogen) atoms. The Morgan fingerprint density at radius 2 is 2.04 bits per heavy atom. The molecule has 0 radical (unpaired) electrons. The lowest BCUT2D eigenvalue weighted by atomic mass is 10.1. The van der Waals surface area contributed by atoms with Gasteiger partial charge in [0.25, 0.3) is 0 Å². The lowest BCUT2D eigenvalue weighted by molar-refractivity contribution is 0.104. The van der Waals surface area contributed by atoms with Crippen molar-refractivity contribution >= 4 is 21.7 Å². The van der Waals surface area contributed by atoms with Crippen molar-refractivity contribution in [3.63, 3.8) is 0 Å². The highest BCUT2D eigenvalue weighted by molar-refractivity contribution is 7.91. The number of rotatable bonds is 4. The number of benzene rings is 1. The molecule has 0 spiro atoms. The highest BCUT2D eigenvalue weighted by Gasteiger charge is 2.31. The molecule has 0 aliphatic carbocycles. The summed E-state index contributed by atoms with van der Waals surface area (Å²) in [6.07, 6.45) is 3.18. The Morgan fingerprint density at radius 1 is 1.31 bits per heavy atom. The quantitative estimate of drug-likeness (QED) is 0.604. The second kappa shape index (κ2) is 6.75. The Morgan fingerprint density at radius 3 is 2.69 bits per heavy atom. The summed E-state index contributed by atoms with van der Waals surface area (Å²) in [5.41, 5.74) is 1.69. The Balaban J connectivity index is 1.87. The smallest absolute Gasteiger partial charge is 0.188 e. The number of aryl methyl sites for hydroxylation is 1. The lowest BCUT2D eigenvalue weighted by Gasteiger charge is -2.10. The molecule has 0 saturated carbocycles. The van der Waals surface area contributed by atoms with Crippen LogP contribution in [0.1, 0.15) is 39.8 Å². The SMILES string of the molecule is Cc1nn([C@@H]2CCS(=O)(=O)C2)c(C)c1/C=C/C(=O)c1cc(F)ccc1F. The van der Waals surface area contributed by atoms with Crippen LogP contribution in [0.5, 0.6) is 0 Å². The molecule has 1 saturated heterocycles. The van der Waals surface area contributed by atoms with Crippen molar-refractivity contribution in [2.45, 2.75) is 26.3 Å². The summed E-state index contributed by atoms with van der Waals surface area (Å²) in [6, 6.07) is 2.49. The van der Waals surface area contributed by atoms with Gasteiger partial charge in [-0.2, -0.15) is 5.10 Å². The Hall–Kier alpha value is -2.35. The normalized spacial score (nSPS) is 19.3.